The van der Waals surface area contributed by atoms with Gasteiger partial charge in [0, 0.05) is 19.3 Å². The van der Waals surface area contributed by atoms with Gasteiger partial charge in [-0.1, -0.05) is 247 Å². The van der Waals surface area contributed by atoms with Crippen LogP contribution in [0.5, 0.6) is 0 Å². The molecule has 0 aliphatic rings. The van der Waals surface area contributed by atoms with Gasteiger partial charge in [0.25, 0.3) is 0 Å². The molecule has 0 aromatic rings. The number of hydrogen-bond acceptors (Lipinski definition) is 6. The predicted molar refractivity (Wildman–Crippen MR) is 256 cm³/mol. The molecule has 0 radical (unpaired) electrons. The van der Waals surface area contributed by atoms with Crippen LogP contribution < -0.4 is 0 Å². The number of unbranched alkanes of at least 4 members (excludes halogenated alkanes) is 24. The first-order valence-corrected chi connectivity index (χ1v) is 24.7. The summed E-state index contributed by atoms with van der Waals surface area (Å²) >= 11 is 0. The van der Waals surface area contributed by atoms with E-state index < -0.39 is 6.10 Å². The second-order valence-electron chi connectivity index (χ2n) is 16.2. The highest BCUT2D eigenvalue weighted by Gasteiger charge is 2.19. The third-order valence-electron chi connectivity index (χ3n) is 10.4. The van der Waals surface area contributed by atoms with Crippen LogP contribution in [0, 0.1) is 0 Å². The van der Waals surface area contributed by atoms with E-state index in [9.17, 15) is 14.4 Å². The van der Waals surface area contributed by atoms with Crippen molar-refractivity contribution in [3.63, 3.8) is 0 Å². The summed E-state index contributed by atoms with van der Waals surface area (Å²) in [6.07, 6.45) is 61.3. The summed E-state index contributed by atoms with van der Waals surface area (Å²) in [6.45, 7) is 6.43. The van der Waals surface area contributed by atoms with Crippen molar-refractivity contribution in [1.82, 2.24) is 0 Å². The molecule has 0 rings (SSSR count). The highest BCUT2D eigenvalue weighted by atomic mass is 16.6. The molecular formula is C54H90O6. The molecule has 1 unspecified atom stereocenters. The van der Waals surface area contributed by atoms with Gasteiger partial charge in [0.15, 0.2) is 6.10 Å². The van der Waals surface area contributed by atoms with Gasteiger partial charge in [0.1, 0.15) is 13.2 Å². The van der Waals surface area contributed by atoms with Crippen LogP contribution >= 0.6 is 0 Å². The summed E-state index contributed by atoms with van der Waals surface area (Å²) < 4.78 is 16.7. The summed E-state index contributed by atoms with van der Waals surface area (Å²) in [5, 5.41) is 0. The van der Waals surface area contributed by atoms with Gasteiger partial charge in [-0.05, 0) is 38.5 Å². The van der Waals surface area contributed by atoms with Gasteiger partial charge in [-0.25, -0.2) is 0 Å². The third-order valence-corrected chi connectivity index (χ3v) is 10.4. The molecule has 6 heteroatoms. The smallest absolute Gasteiger partial charge is 0.306 e. The Bertz CT molecular complexity index is 1190. The molecule has 0 fully saturated rings. The zero-order valence-electron chi connectivity index (χ0n) is 38.9. The average Bonchev–Trinajstić information content (AvgIpc) is 3.24. The number of carbonyl (C=O) groups excluding carboxylic acids is 3. The van der Waals surface area contributed by atoms with E-state index in [2.05, 4.69) is 32.9 Å². The third kappa shape index (κ3) is 45.7. The number of hydrogen-bond donors (Lipinski definition) is 0. The van der Waals surface area contributed by atoms with Crippen molar-refractivity contribution < 1.29 is 28.6 Å². The van der Waals surface area contributed by atoms with E-state index in [-0.39, 0.29) is 31.1 Å². The van der Waals surface area contributed by atoms with Gasteiger partial charge < -0.3 is 14.2 Å². The highest BCUT2D eigenvalue weighted by Crippen LogP contribution is 2.15. The molecule has 60 heavy (non-hydrogen) atoms. The van der Waals surface area contributed by atoms with Gasteiger partial charge in [-0.3, -0.25) is 14.4 Å². The first-order valence-electron chi connectivity index (χ1n) is 24.7. The maximum absolute atomic E-state index is 12.7. The second-order valence-corrected chi connectivity index (χ2v) is 16.2. The Balaban J connectivity index is 4.46. The van der Waals surface area contributed by atoms with Crippen LogP contribution in [0.15, 0.2) is 85.1 Å². The molecule has 0 aromatic heterocycles. The lowest BCUT2D eigenvalue weighted by atomic mass is 10.0. The van der Waals surface area contributed by atoms with Crippen molar-refractivity contribution >= 4 is 17.9 Å². The standard InChI is InChI=1S/C54H90O6/c1-4-7-10-13-16-19-22-24-25-26-27-28-29-30-33-35-38-41-44-47-53(56)59-50-51(49-58-52(55)46-43-40-37-34-31-21-18-15-12-9-6-3)60-54(57)48-45-42-39-36-32-23-20-17-14-11-8-5-2/h7,10,13,16,19,22,24-30,33,51H,4-6,8-9,11-12,14-15,17-18,20-21,23,31-32,34-50H2,1-3H3/b10-7-,16-13-,22-19-,25-24-,27-26+,29-28-,33-30-. The number of rotatable bonds is 43. The van der Waals surface area contributed by atoms with Gasteiger partial charge in [0.2, 0.25) is 0 Å². The molecule has 0 saturated heterocycles. The molecule has 0 amide bonds. The number of carbonyl (C=O) groups is 3. The van der Waals surface area contributed by atoms with E-state index >= 15 is 0 Å². The molecule has 0 saturated carbocycles. The summed E-state index contributed by atoms with van der Waals surface area (Å²) in [5.41, 5.74) is 0. The first kappa shape index (κ1) is 56.6. The van der Waals surface area contributed by atoms with E-state index in [4.69, 9.17) is 14.2 Å². The van der Waals surface area contributed by atoms with Crippen LogP contribution in [0.4, 0.5) is 0 Å². The second kappa shape index (κ2) is 48.3. The van der Waals surface area contributed by atoms with Gasteiger partial charge in [-0.2, -0.15) is 0 Å². The Morgan fingerprint density at radius 1 is 0.350 bits per heavy atom. The van der Waals surface area contributed by atoms with Crippen LogP contribution in [-0.4, -0.2) is 37.2 Å². The largest absolute Gasteiger partial charge is 0.462 e. The van der Waals surface area contributed by atoms with Crippen molar-refractivity contribution in [2.24, 2.45) is 0 Å². The van der Waals surface area contributed by atoms with E-state index in [0.717, 1.165) is 70.6 Å². The average molecular weight is 835 g/mol. The minimum Gasteiger partial charge on any atom is -0.462 e. The topological polar surface area (TPSA) is 78.9 Å². The van der Waals surface area contributed by atoms with Crippen molar-refractivity contribution in [3.05, 3.63) is 85.1 Å². The lowest BCUT2D eigenvalue weighted by Gasteiger charge is -2.18. The predicted octanol–water partition coefficient (Wildman–Crippen LogP) is 16.0. The molecule has 0 aromatic carbocycles. The monoisotopic (exact) mass is 835 g/mol. The van der Waals surface area contributed by atoms with Crippen LogP contribution in [0.1, 0.15) is 220 Å². The SMILES string of the molecule is CC\C=C/C=C\C=C/C=C\C=C\C=C/C=C\CCCCCC(=O)OCC(COC(=O)CCCCCCCCCCCCC)OC(=O)CCCCCCCCCCCCCC. The van der Waals surface area contributed by atoms with Crippen molar-refractivity contribution in [2.75, 3.05) is 13.2 Å². The molecule has 0 aliphatic carbocycles. The quantitative estimate of drug-likeness (QED) is 0.0263. The fourth-order valence-electron chi connectivity index (χ4n) is 6.66. The zero-order chi connectivity index (χ0) is 43.7. The van der Waals surface area contributed by atoms with Crippen molar-refractivity contribution in [1.29, 1.82) is 0 Å². The first-order chi connectivity index (χ1) is 29.5. The molecule has 0 spiro atoms. The minimum absolute atomic E-state index is 0.0891. The number of allylic oxidation sites excluding steroid dienone is 14. The minimum atomic E-state index is -0.790. The maximum Gasteiger partial charge on any atom is 0.306 e. The zero-order valence-corrected chi connectivity index (χ0v) is 38.9. The Labute approximate surface area is 369 Å². The Hall–Kier alpha value is -3.41. The van der Waals surface area contributed by atoms with E-state index in [1.165, 1.54) is 109 Å². The molecule has 0 heterocycles. The van der Waals surface area contributed by atoms with Crippen molar-refractivity contribution in [2.45, 2.75) is 226 Å². The van der Waals surface area contributed by atoms with Gasteiger partial charge in [0.05, 0.1) is 0 Å². The van der Waals surface area contributed by atoms with Crippen LogP contribution in [0.2, 0.25) is 0 Å². The molecular weight excluding hydrogens is 745 g/mol. The molecule has 1 atom stereocenters. The molecule has 342 valence electrons. The summed E-state index contributed by atoms with van der Waals surface area (Å²) in [7, 11) is 0. The maximum atomic E-state index is 12.7. The molecule has 0 bridgehead atoms. The van der Waals surface area contributed by atoms with Gasteiger partial charge in [-0.15, -0.1) is 0 Å². The number of ether oxygens (including phenoxy) is 3. The van der Waals surface area contributed by atoms with Crippen LogP contribution in [0.25, 0.3) is 0 Å². The fourth-order valence-corrected chi connectivity index (χ4v) is 6.66. The lowest BCUT2D eigenvalue weighted by Crippen LogP contribution is -2.30. The van der Waals surface area contributed by atoms with Crippen LogP contribution in [0.3, 0.4) is 0 Å². The number of esters is 3. The van der Waals surface area contributed by atoms with Crippen LogP contribution in [-0.2, 0) is 28.6 Å². The Kier molecular flexibility index (Phi) is 45.5. The Morgan fingerprint density at radius 2 is 0.650 bits per heavy atom. The summed E-state index contributed by atoms with van der Waals surface area (Å²) in [6, 6.07) is 0. The highest BCUT2D eigenvalue weighted by molar-refractivity contribution is 5.71. The molecule has 0 aliphatic heterocycles. The van der Waals surface area contributed by atoms with E-state index in [1.54, 1.807) is 0 Å². The van der Waals surface area contributed by atoms with Gasteiger partial charge >= 0.3 is 17.9 Å². The summed E-state index contributed by atoms with van der Waals surface area (Å²) in [4.78, 5) is 37.8. The van der Waals surface area contributed by atoms with E-state index in [1.807, 2.05) is 72.9 Å². The Morgan fingerprint density at radius 3 is 1.02 bits per heavy atom. The van der Waals surface area contributed by atoms with E-state index in [0.29, 0.717) is 19.3 Å². The fraction of sp³-hybridized carbons (Fsp3) is 0.685. The van der Waals surface area contributed by atoms with Crippen molar-refractivity contribution in [3.8, 4) is 0 Å². The lowest BCUT2D eigenvalue weighted by molar-refractivity contribution is -0.167. The molecule has 6 nitrogen and oxygen atoms in total. The summed E-state index contributed by atoms with van der Waals surface area (Å²) in [5.74, 6) is -0.937. The molecule has 0 N–H and O–H groups in total. The normalized spacial score (nSPS) is 12.8.